The van der Waals surface area contributed by atoms with Gasteiger partial charge in [-0.3, -0.25) is 0 Å². The van der Waals surface area contributed by atoms with Gasteiger partial charge in [0.1, 0.15) is 35.8 Å². The third-order valence-electron chi connectivity index (χ3n) is 7.60. The molecule has 0 amide bonds. The molecule has 3 aliphatic rings. The minimum absolute atomic E-state index is 0.0149. The van der Waals surface area contributed by atoms with Gasteiger partial charge >= 0.3 is 5.97 Å². The summed E-state index contributed by atoms with van der Waals surface area (Å²) in [6, 6.07) is 7.67. The van der Waals surface area contributed by atoms with Crippen LogP contribution in [-0.4, -0.2) is 81.3 Å². The van der Waals surface area contributed by atoms with Crippen LogP contribution in [0.5, 0.6) is 5.75 Å². The number of methoxy groups -OCH3 is 1. The second kappa shape index (κ2) is 11.1. The molecule has 2 aliphatic heterocycles. The molecule has 2 unspecified atom stereocenters. The standard InChI is InChI=1S/C29H41NO6/c1-20(2)7-13-24-28(3,36-24)27-26(32-6)23(15-16-29(27)19-34-29)35-25(31)14-10-21-8-11-22(12-9-21)33-18-17-30(4)5/h7-12,14,23-24,26-27H,13,15-19H2,1-6H3/b14-10-/t23-,24?,26-,27-,28?,29+/m1/s1. The number of benzene rings is 1. The third kappa shape index (κ3) is 6.20. The molecule has 7 nitrogen and oxygen atoms in total. The summed E-state index contributed by atoms with van der Waals surface area (Å²) in [6.07, 6.45) is 7.38. The van der Waals surface area contributed by atoms with Gasteiger partial charge in [-0.25, -0.2) is 4.79 Å². The number of epoxide rings is 2. The molecule has 7 heteroatoms. The number of ether oxygens (including phenoxy) is 5. The second-order valence-electron chi connectivity index (χ2n) is 10.9. The number of carbonyl (C=O) groups is 1. The molecule has 2 saturated heterocycles. The van der Waals surface area contributed by atoms with Crippen molar-refractivity contribution < 1.29 is 28.5 Å². The molecule has 0 bridgehead atoms. The van der Waals surface area contributed by atoms with Gasteiger partial charge in [0, 0.05) is 19.7 Å². The molecule has 36 heavy (non-hydrogen) atoms. The number of likely N-dealkylation sites (N-methyl/N-ethyl adjacent to an activating group) is 1. The molecule has 198 valence electrons. The van der Waals surface area contributed by atoms with E-state index in [1.54, 1.807) is 13.2 Å². The molecule has 2 heterocycles. The van der Waals surface area contributed by atoms with Crippen molar-refractivity contribution in [3.05, 3.63) is 47.6 Å². The largest absolute Gasteiger partial charge is 0.492 e. The normalized spacial score (nSPS) is 33.1. The minimum atomic E-state index is -0.372. The first-order chi connectivity index (χ1) is 17.2. The lowest BCUT2D eigenvalue weighted by molar-refractivity contribution is -0.166. The van der Waals surface area contributed by atoms with E-state index in [1.807, 2.05) is 38.4 Å². The van der Waals surface area contributed by atoms with Gasteiger partial charge in [-0.05, 0) is 77.9 Å². The Bertz CT molecular complexity index is 962. The van der Waals surface area contributed by atoms with E-state index in [0.29, 0.717) is 19.6 Å². The third-order valence-corrected chi connectivity index (χ3v) is 7.60. The Hall–Kier alpha value is -2.19. The Labute approximate surface area is 215 Å². The van der Waals surface area contributed by atoms with Crippen LogP contribution in [0.15, 0.2) is 42.0 Å². The van der Waals surface area contributed by atoms with Crippen LogP contribution in [0.25, 0.3) is 6.08 Å². The van der Waals surface area contributed by atoms with E-state index in [0.717, 1.165) is 30.7 Å². The highest BCUT2D eigenvalue weighted by molar-refractivity contribution is 5.87. The zero-order valence-corrected chi connectivity index (χ0v) is 22.5. The summed E-state index contributed by atoms with van der Waals surface area (Å²) in [7, 11) is 5.72. The smallest absolute Gasteiger partial charge is 0.331 e. The van der Waals surface area contributed by atoms with Crippen molar-refractivity contribution in [1.29, 1.82) is 0 Å². The van der Waals surface area contributed by atoms with Gasteiger partial charge in [-0.15, -0.1) is 0 Å². The molecule has 3 fully saturated rings. The van der Waals surface area contributed by atoms with Crippen LogP contribution in [0.4, 0.5) is 0 Å². The van der Waals surface area contributed by atoms with Crippen LogP contribution in [0.1, 0.15) is 45.6 Å². The Morgan fingerprint density at radius 2 is 1.94 bits per heavy atom. The molecule has 1 aromatic rings. The molecule has 0 N–H and O–H groups in total. The van der Waals surface area contributed by atoms with E-state index in [-0.39, 0.29) is 41.4 Å². The van der Waals surface area contributed by atoms with Gasteiger partial charge in [-0.2, -0.15) is 0 Å². The summed E-state index contributed by atoms with van der Waals surface area (Å²) >= 11 is 0. The maximum absolute atomic E-state index is 12.7. The number of esters is 1. The van der Waals surface area contributed by atoms with Crippen LogP contribution in [-0.2, 0) is 23.7 Å². The van der Waals surface area contributed by atoms with Crippen molar-refractivity contribution in [2.45, 2.75) is 69.5 Å². The van der Waals surface area contributed by atoms with E-state index >= 15 is 0 Å². The van der Waals surface area contributed by atoms with Gasteiger partial charge < -0.3 is 28.6 Å². The monoisotopic (exact) mass is 499 g/mol. The van der Waals surface area contributed by atoms with Crippen molar-refractivity contribution in [2.75, 3.05) is 41.0 Å². The highest BCUT2D eigenvalue weighted by Gasteiger charge is 2.72. The average Bonchev–Trinajstić information content (AvgIpc) is 3.75. The first-order valence-corrected chi connectivity index (χ1v) is 12.9. The van der Waals surface area contributed by atoms with E-state index in [4.69, 9.17) is 23.7 Å². The van der Waals surface area contributed by atoms with Crippen LogP contribution >= 0.6 is 0 Å². The summed E-state index contributed by atoms with van der Waals surface area (Å²) < 4.78 is 29.8. The fourth-order valence-electron chi connectivity index (χ4n) is 5.44. The van der Waals surface area contributed by atoms with E-state index < -0.39 is 0 Å². The van der Waals surface area contributed by atoms with E-state index in [2.05, 4.69) is 31.7 Å². The summed E-state index contributed by atoms with van der Waals surface area (Å²) in [5.41, 5.74) is 1.61. The Kier molecular flexibility index (Phi) is 8.25. The molecule has 0 radical (unpaired) electrons. The minimum Gasteiger partial charge on any atom is -0.492 e. The molecule has 4 rings (SSSR count). The lowest BCUT2D eigenvalue weighted by Gasteiger charge is -2.42. The molecule has 1 saturated carbocycles. The molecular formula is C29H41NO6. The maximum Gasteiger partial charge on any atom is 0.331 e. The van der Waals surface area contributed by atoms with Gasteiger partial charge in [0.15, 0.2) is 0 Å². The number of rotatable bonds is 11. The van der Waals surface area contributed by atoms with E-state index in [9.17, 15) is 4.79 Å². The highest BCUT2D eigenvalue weighted by Crippen LogP contribution is 2.59. The zero-order valence-electron chi connectivity index (χ0n) is 22.5. The second-order valence-corrected chi connectivity index (χ2v) is 10.9. The maximum atomic E-state index is 12.7. The average molecular weight is 500 g/mol. The number of hydrogen-bond acceptors (Lipinski definition) is 7. The number of carbonyl (C=O) groups excluding carboxylic acids is 1. The fraction of sp³-hybridized carbons (Fsp3) is 0.621. The molecule has 1 aliphatic carbocycles. The van der Waals surface area contributed by atoms with Crippen LogP contribution in [0, 0.1) is 5.92 Å². The number of hydrogen-bond donors (Lipinski definition) is 0. The Balaban J connectivity index is 1.36. The van der Waals surface area contributed by atoms with Gasteiger partial charge in [0.05, 0.1) is 18.6 Å². The Morgan fingerprint density at radius 1 is 1.22 bits per heavy atom. The fourth-order valence-corrected chi connectivity index (χ4v) is 5.44. The number of nitrogens with zero attached hydrogens (tertiary/aromatic N) is 1. The number of allylic oxidation sites excluding steroid dienone is 1. The lowest BCUT2D eigenvalue weighted by Crippen LogP contribution is -2.55. The zero-order chi connectivity index (χ0) is 25.9. The lowest BCUT2D eigenvalue weighted by atomic mass is 9.68. The van der Waals surface area contributed by atoms with E-state index in [1.165, 1.54) is 11.6 Å². The molecule has 6 atom stereocenters. The van der Waals surface area contributed by atoms with Crippen molar-refractivity contribution in [3.8, 4) is 5.75 Å². The molecule has 1 aromatic carbocycles. The summed E-state index contributed by atoms with van der Waals surface area (Å²) in [6.45, 7) is 8.54. The van der Waals surface area contributed by atoms with Crippen molar-refractivity contribution >= 4 is 12.0 Å². The van der Waals surface area contributed by atoms with Gasteiger partial charge in [0.25, 0.3) is 0 Å². The quantitative estimate of drug-likeness (QED) is 0.195. The summed E-state index contributed by atoms with van der Waals surface area (Å²) in [5, 5.41) is 0. The summed E-state index contributed by atoms with van der Waals surface area (Å²) in [4.78, 5) is 14.8. The van der Waals surface area contributed by atoms with Crippen molar-refractivity contribution in [1.82, 2.24) is 4.90 Å². The van der Waals surface area contributed by atoms with Gasteiger partial charge in [-0.1, -0.05) is 23.8 Å². The van der Waals surface area contributed by atoms with Crippen LogP contribution < -0.4 is 4.74 Å². The van der Waals surface area contributed by atoms with Crippen molar-refractivity contribution in [3.63, 3.8) is 0 Å². The van der Waals surface area contributed by atoms with Crippen LogP contribution in [0.3, 0.4) is 0 Å². The molecular weight excluding hydrogens is 458 g/mol. The molecule has 1 spiro atoms. The SMILES string of the molecule is CO[C@H]1[C@H](C2(C)OC2CC=C(C)C)[C@]2(CC[C@H]1OC(=O)/C=C\c1ccc(OCCN(C)C)cc1)CO2. The first-order valence-electron chi connectivity index (χ1n) is 12.9. The van der Waals surface area contributed by atoms with Crippen LogP contribution in [0.2, 0.25) is 0 Å². The van der Waals surface area contributed by atoms with Gasteiger partial charge in [0.2, 0.25) is 0 Å². The predicted molar refractivity (Wildman–Crippen MR) is 139 cm³/mol. The predicted octanol–water partition coefficient (Wildman–Crippen LogP) is 4.26. The Morgan fingerprint density at radius 3 is 2.56 bits per heavy atom. The van der Waals surface area contributed by atoms with Crippen molar-refractivity contribution in [2.24, 2.45) is 5.92 Å². The summed E-state index contributed by atoms with van der Waals surface area (Å²) in [5.74, 6) is 0.450. The highest BCUT2D eigenvalue weighted by atomic mass is 16.6. The molecule has 0 aromatic heterocycles. The first kappa shape index (κ1) is 26.9. The topological polar surface area (TPSA) is 73.1 Å².